The smallest absolute Gasteiger partial charge is 0.194 e. The third-order valence-electron chi connectivity index (χ3n) is 2.92. The van der Waals surface area contributed by atoms with Crippen LogP contribution in [0.4, 0.5) is 13.2 Å². The van der Waals surface area contributed by atoms with Crippen LogP contribution in [-0.2, 0) is 0 Å². The summed E-state index contributed by atoms with van der Waals surface area (Å²) in [5.74, 6) is 1.80. The molecule has 0 amide bonds. The molecule has 0 fully saturated rings. The highest BCUT2D eigenvalue weighted by Gasteiger charge is 2.22. The van der Waals surface area contributed by atoms with Crippen molar-refractivity contribution in [1.29, 1.82) is 0 Å². The second-order valence-corrected chi connectivity index (χ2v) is 4.25. The minimum atomic E-state index is -1.54. The van der Waals surface area contributed by atoms with Crippen LogP contribution in [0.5, 0.6) is 5.75 Å². The molecule has 1 aromatic heterocycles. The van der Waals surface area contributed by atoms with Gasteiger partial charge in [-0.15, -0.1) is 0 Å². The average molecular weight is 297 g/mol. The van der Waals surface area contributed by atoms with E-state index in [1.807, 2.05) is 0 Å². The number of benzene rings is 1. The molecule has 2 aromatic rings. The Morgan fingerprint density at radius 1 is 1.24 bits per heavy atom. The first-order chi connectivity index (χ1) is 10.1. The van der Waals surface area contributed by atoms with Crippen molar-refractivity contribution in [3.05, 3.63) is 59.2 Å². The predicted molar refractivity (Wildman–Crippen MR) is 70.9 cm³/mol. The molecule has 1 unspecified atom stereocenters. The largest absolute Gasteiger partial charge is 0.492 e. The molecule has 0 aliphatic rings. The van der Waals surface area contributed by atoms with Crippen molar-refractivity contribution in [1.82, 2.24) is 10.4 Å². The van der Waals surface area contributed by atoms with Gasteiger partial charge in [0.05, 0.1) is 18.8 Å². The van der Waals surface area contributed by atoms with E-state index in [2.05, 4.69) is 10.4 Å². The van der Waals surface area contributed by atoms with E-state index in [1.165, 1.54) is 12.4 Å². The Morgan fingerprint density at radius 2 is 2.00 bits per heavy atom. The topological polar surface area (TPSA) is 60.2 Å². The first-order valence-corrected chi connectivity index (χ1v) is 6.25. The zero-order valence-electron chi connectivity index (χ0n) is 11.2. The third-order valence-corrected chi connectivity index (χ3v) is 2.92. The molecule has 2 rings (SSSR count). The van der Waals surface area contributed by atoms with Gasteiger partial charge >= 0.3 is 0 Å². The van der Waals surface area contributed by atoms with Crippen LogP contribution in [0, 0.1) is 17.5 Å². The highest BCUT2D eigenvalue weighted by atomic mass is 19.2. The molecule has 1 heterocycles. The van der Waals surface area contributed by atoms with Crippen LogP contribution in [0.3, 0.4) is 0 Å². The maximum atomic E-state index is 13.9. The van der Waals surface area contributed by atoms with E-state index in [1.54, 1.807) is 13.0 Å². The maximum Gasteiger partial charge on any atom is 0.194 e. The number of hydrazine groups is 1. The number of hydrogen-bond donors (Lipinski definition) is 2. The van der Waals surface area contributed by atoms with E-state index in [9.17, 15) is 13.2 Å². The zero-order valence-corrected chi connectivity index (χ0v) is 11.2. The molecule has 3 N–H and O–H groups in total. The average Bonchev–Trinajstić information content (AvgIpc) is 2.49. The van der Waals surface area contributed by atoms with E-state index in [0.29, 0.717) is 17.9 Å². The number of rotatable bonds is 5. The summed E-state index contributed by atoms with van der Waals surface area (Å²) < 4.78 is 45.5. The fourth-order valence-corrected chi connectivity index (χ4v) is 1.97. The molecular weight excluding hydrogens is 283 g/mol. The van der Waals surface area contributed by atoms with Gasteiger partial charge in [0.1, 0.15) is 5.75 Å². The maximum absolute atomic E-state index is 13.9. The normalized spacial score (nSPS) is 12.2. The van der Waals surface area contributed by atoms with Crippen molar-refractivity contribution in [3.8, 4) is 5.75 Å². The second kappa shape index (κ2) is 6.55. The van der Waals surface area contributed by atoms with Crippen LogP contribution in [0.1, 0.15) is 24.1 Å². The van der Waals surface area contributed by atoms with Gasteiger partial charge in [0.2, 0.25) is 0 Å². The van der Waals surface area contributed by atoms with Gasteiger partial charge in [-0.3, -0.25) is 10.8 Å². The van der Waals surface area contributed by atoms with Gasteiger partial charge in [0.15, 0.2) is 17.5 Å². The van der Waals surface area contributed by atoms with Gasteiger partial charge in [0, 0.05) is 11.8 Å². The van der Waals surface area contributed by atoms with Crippen LogP contribution in [0.15, 0.2) is 30.6 Å². The molecule has 7 heteroatoms. The number of halogens is 3. The van der Waals surface area contributed by atoms with Crippen LogP contribution >= 0.6 is 0 Å². The highest BCUT2D eigenvalue weighted by Crippen LogP contribution is 2.27. The molecule has 112 valence electrons. The molecule has 0 radical (unpaired) electrons. The summed E-state index contributed by atoms with van der Waals surface area (Å²) >= 11 is 0. The van der Waals surface area contributed by atoms with Gasteiger partial charge in [-0.25, -0.2) is 18.6 Å². The Balaban J connectivity index is 2.44. The molecule has 1 atom stereocenters. The molecule has 4 nitrogen and oxygen atoms in total. The Kier molecular flexibility index (Phi) is 4.77. The first-order valence-electron chi connectivity index (χ1n) is 6.25. The summed E-state index contributed by atoms with van der Waals surface area (Å²) in [6.45, 7) is 2.24. The van der Waals surface area contributed by atoms with Crippen LogP contribution in [0.25, 0.3) is 0 Å². The Hall–Kier alpha value is -2.12. The number of aromatic nitrogens is 1. The lowest BCUT2D eigenvalue weighted by molar-refractivity contribution is 0.338. The lowest BCUT2D eigenvalue weighted by Gasteiger charge is -2.18. The lowest BCUT2D eigenvalue weighted by atomic mass is 10.00. The summed E-state index contributed by atoms with van der Waals surface area (Å²) in [6.07, 6.45) is 2.93. The third kappa shape index (κ3) is 3.14. The monoisotopic (exact) mass is 297 g/mol. The van der Waals surface area contributed by atoms with E-state index in [-0.39, 0.29) is 5.56 Å². The van der Waals surface area contributed by atoms with Crippen molar-refractivity contribution in [2.24, 2.45) is 5.84 Å². The summed E-state index contributed by atoms with van der Waals surface area (Å²) in [4.78, 5) is 3.96. The number of ether oxygens (including phenoxy) is 1. The van der Waals surface area contributed by atoms with Crippen molar-refractivity contribution in [2.45, 2.75) is 13.0 Å². The minimum Gasteiger partial charge on any atom is -0.492 e. The highest BCUT2D eigenvalue weighted by molar-refractivity contribution is 5.35. The lowest BCUT2D eigenvalue weighted by Crippen LogP contribution is -2.30. The summed E-state index contributed by atoms with van der Waals surface area (Å²) in [6, 6.07) is 2.69. The molecule has 21 heavy (non-hydrogen) atoms. The SMILES string of the molecule is CCOc1cncc(C(NN)c2ccc(F)c(F)c2F)c1. The Labute approximate surface area is 119 Å². The van der Waals surface area contributed by atoms with E-state index < -0.39 is 23.5 Å². The van der Waals surface area contributed by atoms with E-state index >= 15 is 0 Å². The van der Waals surface area contributed by atoms with Crippen LogP contribution in [0.2, 0.25) is 0 Å². The molecule has 0 aliphatic heterocycles. The fraction of sp³-hybridized carbons (Fsp3) is 0.214. The number of pyridine rings is 1. The van der Waals surface area contributed by atoms with E-state index in [4.69, 9.17) is 10.6 Å². The second-order valence-electron chi connectivity index (χ2n) is 4.25. The minimum absolute atomic E-state index is 0.119. The number of hydrogen-bond acceptors (Lipinski definition) is 4. The van der Waals surface area contributed by atoms with Gasteiger partial charge in [-0.1, -0.05) is 6.07 Å². The Morgan fingerprint density at radius 3 is 2.67 bits per heavy atom. The van der Waals surface area contributed by atoms with Crippen LogP contribution < -0.4 is 16.0 Å². The molecular formula is C14H14F3N3O. The van der Waals surface area contributed by atoms with Crippen molar-refractivity contribution in [2.75, 3.05) is 6.61 Å². The molecule has 0 saturated carbocycles. The molecule has 0 spiro atoms. The zero-order chi connectivity index (χ0) is 15.4. The first kappa shape index (κ1) is 15.3. The molecule has 0 bridgehead atoms. The van der Waals surface area contributed by atoms with Gasteiger partial charge in [0.25, 0.3) is 0 Å². The number of nitrogens with zero attached hydrogens (tertiary/aromatic N) is 1. The molecule has 0 saturated heterocycles. The fourth-order valence-electron chi connectivity index (χ4n) is 1.97. The quantitative estimate of drug-likeness (QED) is 0.505. The van der Waals surface area contributed by atoms with Crippen molar-refractivity contribution < 1.29 is 17.9 Å². The molecule has 0 aliphatic carbocycles. The number of nitrogens with one attached hydrogen (secondary N) is 1. The Bertz CT molecular complexity index is 637. The summed E-state index contributed by atoms with van der Waals surface area (Å²) in [5.41, 5.74) is 2.71. The summed E-state index contributed by atoms with van der Waals surface area (Å²) in [5, 5.41) is 0. The van der Waals surface area contributed by atoms with E-state index in [0.717, 1.165) is 12.1 Å². The standard InChI is InChI=1S/C14H14F3N3O/c1-2-21-9-5-8(6-19-7-9)14(20-18)10-3-4-11(15)13(17)12(10)16/h3-7,14,20H,2,18H2,1H3. The van der Waals surface area contributed by atoms with Gasteiger partial charge in [-0.05, 0) is 24.6 Å². The van der Waals surface area contributed by atoms with Gasteiger partial charge < -0.3 is 4.74 Å². The van der Waals surface area contributed by atoms with Crippen molar-refractivity contribution >= 4 is 0 Å². The van der Waals surface area contributed by atoms with Crippen molar-refractivity contribution in [3.63, 3.8) is 0 Å². The van der Waals surface area contributed by atoms with Gasteiger partial charge in [-0.2, -0.15) is 0 Å². The predicted octanol–water partition coefficient (Wildman–Crippen LogP) is 2.45. The summed E-state index contributed by atoms with van der Waals surface area (Å²) in [7, 11) is 0. The number of nitrogens with two attached hydrogens (primary N) is 1. The van der Waals surface area contributed by atoms with Crippen LogP contribution in [-0.4, -0.2) is 11.6 Å². The molecule has 1 aromatic carbocycles.